The molecule has 1 saturated heterocycles. The van der Waals surface area contributed by atoms with Crippen molar-refractivity contribution in [2.75, 3.05) is 4.90 Å². The maximum Gasteiger partial charge on any atom is 0.185 e. The second-order valence-electron chi connectivity index (χ2n) is 10.2. The molecule has 3 atom stereocenters. The summed E-state index contributed by atoms with van der Waals surface area (Å²) < 4.78 is 0. The van der Waals surface area contributed by atoms with Gasteiger partial charge in [-0.05, 0) is 36.3 Å². The Labute approximate surface area is 227 Å². The van der Waals surface area contributed by atoms with Crippen LogP contribution in [-0.2, 0) is 0 Å². The first-order valence-electron chi connectivity index (χ1n) is 13.3. The maximum atomic E-state index is 14.1. The van der Waals surface area contributed by atoms with Gasteiger partial charge in [0.2, 0.25) is 0 Å². The van der Waals surface area contributed by atoms with Gasteiger partial charge in [0.25, 0.3) is 0 Å². The Hall–Kier alpha value is -4.83. The summed E-state index contributed by atoms with van der Waals surface area (Å²) in [6, 6.07) is 38.4. The summed E-state index contributed by atoms with van der Waals surface area (Å²) in [5, 5.41) is 1.07. The fourth-order valence-corrected chi connectivity index (χ4v) is 6.20. The molecule has 4 heteroatoms. The molecule has 0 N–H and O–H groups in total. The van der Waals surface area contributed by atoms with Gasteiger partial charge < -0.3 is 4.90 Å². The summed E-state index contributed by atoms with van der Waals surface area (Å²) in [7, 11) is 0. The molecule has 2 aliphatic heterocycles. The monoisotopic (exact) mass is 506 g/mol. The second-order valence-corrected chi connectivity index (χ2v) is 10.2. The number of carbonyl (C=O) groups is 2. The van der Waals surface area contributed by atoms with Crippen molar-refractivity contribution in [2.45, 2.75) is 18.5 Å². The van der Waals surface area contributed by atoms with Crippen LogP contribution >= 0.6 is 0 Å². The third-order valence-electron chi connectivity index (χ3n) is 7.99. The Bertz CT molecular complexity index is 1740. The molecular formula is C35H26N2O2. The Morgan fingerprint density at radius 1 is 0.667 bits per heavy atom. The molecule has 7 rings (SSSR count). The normalized spacial score (nSPS) is 19.7. The van der Waals surface area contributed by atoms with Crippen molar-refractivity contribution in [3.63, 3.8) is 0 Å². The molecule has 3 heterocycles. The fraction of sp³-hybridized carbons (Fsp3) is 0.114. The van der Waals surface area contributed by atoms with E-state index < -0.39 is 12.0 Å². The van der Waals surface area contributed by atoms with Crippen molar-refractivity contribution in [3.8, 4) is 0 Å². The number of pyridine rings is 1. The largest absolute Gasteiger partial charge is 0.353 e. The molecule has 1 fully saturated rings. The van der Waals surface area contributed by atoms with E-state index in [1.54, 1.807) is 0 Å². The molecule has 4 aromatic carbocycles. The first kappa shape index (κ1) is 23.3. The first-order valence-corrected chi connectivity index (χ1v) is 13.3. The lowest BCUT2D eigenvalue weighted by Crippen LogP contribution is -2.45. The molecule has 0 spiro atoms. The van der Waals surface area contributed by atoms with Crippen LogP contribution in [0, 0.1) is 5.92 Å². The highest BCUT2D eigenvalue weighted by Gasteiger charge is 2.51. The molecule has 39 heavy (non-hydrogen) atoms. The van der Waals surface area contributed by atoms with Crippen LogP contribution in [0.15, 0.2) is 121 Å². The summed E-state index contributed by atoms with van der Waals surface area (Å²) in [5.41, 5.74) is 6.03. The number of hydrogen-bond acceptors (Lipinski definition) is 4. The summed E-state index contributed by atoms with van der Waals surface area (Å²) in [6.45, 7) is 0. The predicted octanol–water partition coefficient (Wildman–Crippen LogP) is 7.12. The Kier molecular flexibility index (Phi) is 5.66. The van der Waals surface area contributed by atoms with Crippen LogP contribution in [0.25, 0.3) is 22.6 Å². The van der Waals surface area contributed by atoms with Gasteiger partial charge in [-0.2, -0.15) is 0 Å². The van der Waals surface area contributed by atoms with Gasteiger partial charge in [0.15, 0.2) is 11.6 Å². The van der Waals surface area contributed by atoms with Crippen molar-refractivity contribution in [2.24, 2.45) is 5.92 Å². The van der Waals surface area contributed by atoms with Crippen LogP contribution in [0.3, 0.4) is 0 Å². The van der Waals surface area contributed by atoms with Gasteiger partial charge in [0, 0.05) is 33.7 Å². The minimum atomic E-state index is -0.472. The van der Waals surface area contributed by atoms with E-state index in [9.17, 15) is 9.59 Å². The highest BCUT2D eigenvalue weighted by atomic mass is 16.1. The molecule has 0 unspecified atom stereocenters. The number of ketones is 2. The smallest absolute Gasteiger partial charge is 0.185 e. The second kappa shape index (κ2) is 9.48. The highest BCUT2D eigenvalue weighted by Crippen LogP contribution is 2.48. The average molecular weight is 507 g/mol. The van der Waals surface area contributed by atoms with Gasteiger partial charge in [-0.3, -0.25) is 9.59 Å². The van der Waals surface area contributed by atoms with Gasteiger partial charge in [0.1, 0.15) is 0 Å². The lowest BCUT2D eigenvalue weighted by atomic mass is 9.82. The van der Waals surface area contributed by atoms with Crippen molar-refractivity contribution in [1.29, 1.82) is 0 Å². The minimum absolute atomic E-state index is 0.0338. The minimum Gasteiger partial charge on any atom is -0.353 e. The summed E-state index contributed by atoms with van der Waals surface area (Å²) in [6.07, 6.45) is 2.60. The summed E-state index contributed by atoms with van der Waals surface area (Å²) in [5.74, 6) is -0.315. The number of nitrogens with zero attached hydrogens (tertiary/aromatic N) is 2. The van der Waals surface area contributed by atoms with Gasteiger partial charge in [-0.1, -0.05) is 103 Å². The number of rotatable bonds is 5. The number of fused-ring (bicyclic) bond motifs is 4. The Balaban J connectivity index is 1.42. The third kappa shape index (κ3) is 3.96. The van der Waals surface area contributed by atoms with E-state index in [0.29, 0.717) is 17.5 Å². The van der Waals surface area contributed by atoms with Crippen molar-refractivity contribution in [1.82, 2.24) is 4.98 Å². The lowest BCUT2D eigenvalue weighted by molar-refractivity contribution is 0.0914. The van der Waals surface area contributed by atoms with E-state index in [-0.39, 0.29) is 17.6 Å². The van der Waals surface area contributed by atoms with E-state index in [2.05, 4.69) is 35.2 Å². The third-order valence-corrected chi connectivity index (χ3v) is 7.99. The van der Waals surface area contributed by atoms with Crippen LogP contribution in [0.4, 0.5) is 5.69 Å². The van der Waals surface area contributed by atoms with Gasteiger partial charge >= 0.3 is 0 Å². The van der Waals surface area contributed by atoms with E-state index in [1.807, 2.05) is 97.1 Å². The zero-order valence-electron chi connectivity index (χ0n) is 21.3. The van der Waals surface area contributed by atoms with E-state index in [1.165, 1.54) is 0 Å². The number of carbonyl (C=O) groups excluding carboxylic acids is 2. The maximum absolute atomic E-state index is 14.1. The van der Waals surface area contributed by atoms with Crippen LogP contribution < -0.4 is 4.90 Å². The molecule has 0 radical (unpaired) electrons. The standard InChI is InChI=1S/C35H26N2O2/c38-34(24-12-3-1-4-13-24)28-22-32(35(39)25-14-5-2-6-15-25)37-31-18-10-8-16-26(31)21-27(33(28)37)30-20-19-23-11-7-9-17-29(23)36-30/h1-21,28,32-33H,22H2/t28-,32-,33+/m1/s1. The quantitative estimate of drug-likeness (QED) is 0.238. The molecule has 188 valence electrons. The molecular weight excluding hydrogens is 480 g/mol. The summed E-state index contributed by atoms with van der Waals surface area (Å²) >= 11 is 0. The predicted molar refractivity (Wildman–Crippen MR) is 156 cm³/mol. The van der Waals surface area contributed by atoms with E-state index >= 15 is 0 Å². The SMILES string of the molecule is O=C(c1ccccc1)[C@H]1C[C@@H](C(=O)c2ccccc2)[C@@H]2C(c3ccc4ccccc4n3)=Cc3ccccc3N12. The van der Waals surface area contributed by atoms with Crippen molar-refractivity contribution < 1.29 is 9.59 Å². The highest BCUT2D eigenvalue weighted by molar-refractivity contribution is 6.09. The Morgan fingerprint density at radius 3 is 2.08 bits per heavy atom. The molecule has 0 amide bonds. The fourth-order valence-electron chi connectivity index (χ4n) is 6.20. The summed E-state index contributed by atoms with van der Waals surface area (Å²) in [4.78, 5) is 35.4. The molecule has 2 aliphatic rings. The van der Waals surface area contributed by atoms with Gasteiger partial charge in [0.05, 0.1) is 23.3 Å². The molecule has 5 aromatic rings. The Morgan fingerprint density at radius 2 is 1.31 bits per heavy atom. The van der Waals surface area contributed by atoms with Crippen LogP contribution in [0.1, 0.15) is 38.4 Å². The van der Waals surface area contributed by atoms with Crippen LogP contribution in [0.2, 0.25) is 0 Å². The zero-order chi connectivity index (χ0) is 26.3. The van der Waals surface area contributed by atoms with Gasteiger partial charge in [-0.15, -0.1) is 0 Å². The number of benzene rings is 4. The number of aromatic nitrogens is 1. The average Bonchev–Trinajstić information content (AvgIpc) is 3.41. The number of hydrogen-bond donors (Lipinski definition) is 0. The van der Waals surface area contributed by atoms with Gasteiger partial charge in [-0.25, -0.2) is 4.98 Å². The number of para-hydroxylation sites is 2. The topological polar surface area (TPSA) is 50.3 Å². The lowest BCUT2D eigenvalue weighted by Gasteiger charge is -2.38. The molecule has 0 bridgehead atoms. The molecule has 0 aliphatic carbocycles. The number of anilines is 1. The molecule has 4 nitrogen and oxygen atoms in total. The zero-order valence-corrected chi connectivity index (χ0v) is 21.3. The van der Waals surface area contributed by atoms with Crippen LogP contribution in [-0.4, -0.2) is 28.6 Å². The molecule has 1 aromatic heterocycles. The van der Waals surface area contributed by atoms with E-state index in [0.717, 1.165) is 33.4 Å². The van der Waals surface area contributed by atoms with Crippen molar-refractivity contribution in [3.05, 3.63) is 144 Å². The number of Topliss-reactive ketones (excluding diaryl/α,β-unsaturated/α-hetero) is 2. The van der Waals surface area contributed by atoms with E-state index in [4.69, 9.17) is 4.98 Å². The first-order chi connectivity index (χ1) is 19.2. The van der Waals surface area contributed by atoms with Crippen LogP contribution in [0.5, 0.6) is 0 Å². The van der Waals surface area contributed by atoms with Crippen molar-refractivity contribution >= 4 is 39.8 Å². The molecule has 0 saturated carbocycles.